The summed E-state index contributed by atoms with van der Waals surface area (Å²) in [4.78, 5) is 12.3. The smallest absolute Gasteiger partial charge is 0.224 e. The summed E-state index contributed by atoms with van der Waals surface area (Å²) in [6.07, 6.45) is 1.68. The standard InChI is InChI=1S/C20H22ClNO3/c21-17-10-8-16(9-11-17)20-24-12-4-7-18(14-25-20)22-19(23)13-15-5-2-1-3-6-15/h1-3,5-6,8-11,18,20H,4,7,12-14H2,(H,22,23)/t18-,20-/m0/s1. The van der Waals surface area contributed by atoms with Gasteiger partial charge in [-0.15, -0.1) is 0 Å². The zero-order valence-corrected chi connectivity index (χ0v) is 14.7. The third-order valence-electron chi connectivity index (χ3n) is 4.13. The summed E-state index contributed by atoms with van der Waals surface area (Å²) in [6.45, 7) is 1.02. The van der Waals surface area contributed by atoms with Gasteiger partial charge in [0.05, 0.1) is 25.7 Å². The van der Waals surface area contributed by atoms with Gasteiger partial charge in [0.25, 0.3) is 0 Å². The topological polar surface area (TPSA) is 47.6 Å². The van der Waals surface area contributed by atoms with Crippen LogP contribution in [-0.4, -0.2) is 25.2 Å². The largest absolute Gasteiger partial charge is 0.351 e. The summed E-state index contributed by atoms with van der Waals surface area (Å²) in [5.41, 5.74) is 1.94. The maximum Gasteiger partial charge on any atom is 0.224 e. The minimum Gasteiger partial charge on any atom is -0.351 e. The molecule has 0 radical (unpaired) electrons. The van der Waals surface area contributed by atoms with Gasteiger partial charge in [0, 0.05) is 10.6 Å². The Hall–Kier alpha value is -1.88. The van der Waals surface area contributed by atoms with Crippen LogP contribution in [0, 0.1) is 0 Å². The maximum atomic E-state index is 12.3. The first-order chi connectivity index (χ1) is 12.2. The van der Waals surface area contributed by atoms with Crippen molar-refractivity contribution < 1.29 is 14.3 Å². The van der Waals surface area contributed by atoms with E-state index in [0.29, 0.717) is 24.7 Å². The number of carbonyl (C=O) groups is 1. The van der Waals surface area contributed by atoms with E-state index in [9.17, 15) is 4.79 Å². The molecular formula is C20H22ClNO3. The fourth-order valence-electron chi connectivity index (χ4n) is 2.84. The van der Waals surface area contributed by atoms with E-state index in [2.05, 4.69) is 5.32 Å². The number of rotatable bonds is 4. The Balaban J connectivity index is 1.54. The molecule has 0 spiro atoms. The van der Waals surface area contributed by atoms with Crippen LogP contribution in [0.15, 0.2) is 54.6 Å². The highest BCUT2D eigenvalue weighted by molar-refractivity contribution is 6.30. The molecule has 5 heteroatoms. The zero-order chi connectivity index (χ0) is 17.5. The molecule has 1 aliphatic heterocycles. The second-order valence-corrected chi connectivity index (χ2v) is 6.59. The first-order valence-corrected chi connectivity index (χ1v) is 8.90. The van der Waals surface area contributed by atoms with Gasteiger partial charge >= 0.3 is 0 Å². The highest BCUT2D eigenvalue weighted by atomic mass is 35.5. The van der Waals surface area contributed by atoms with Gasteiger partial charge in [0.2, 0.25) is 5.91 Å². The molecule has 2 atom stereocenters. The van der Waals surface area contributed by atoms with E-state index >= 15 is 0 Å². The van der Waals surface area contributed by atoms with E-state index in [1.807, 2.05) is 54.6 Å². The Morgan fingerprint density at radius 3 is 2.60 bits per heavy atom. The van der Waals surface area contributed by atoms with Crippen molar-refractivity contribution in [2.75, 3.05) is 13.2 Å². The summed E-state index contributed by atoms with van der Waals surface area (Å²) in [5.74, 6) is 0.0179. The lowest BCUT2D eigenvalue weighted by atomic mass is 10.1. The Kier molecular flexibility index (Phi) is 6.45. The molecule has 1 heterocycles. The SMILES string of the molecule is O=C(Cc1ccccc1)N[C@H]1CCCO[C@H](c2ccc(Cl)cc2)OC1. The van der Waals surface area contributed by atoms with E-state index in [1.165, 1.54) is 0 Å². The molecule has 25 heavy (non-hydrogen) atoms. The highest BCUT2D eigenvalue weighted by Gasteiger charge is 2.20. The van der Waals surface area contributed by atoms with Gasteiger partial charge in [-0.2, -0.15) is 0 Å². The molecule has 2 aromatic rings. The summed E-state index contributed by atoms with van der Waals surface area (Å²) >= 11 is 5.93. The lowest BCUT2D eigenvalue weighted by Crippen LogP contribution is -2.40. The van der Waals surface area contributed by atoms with E-state index in [-0.39, 0.29) is 11.9 Å². The van der Waals surface area contributed by atoms with Gasteiger partial charge in [0.1, 0.15) is 0 Å². The number of benzene rings is 2. The number of hydrogen-bond donors (Lipinski definition) is 1. The van der Waals surface area contributed by atoms with Crippen molar-refractivity contribution in [3.63, 3.8) is 0 Å². The minimum absolute atomic E-state index is 0.00471. The van der Waals surface area contributed by atoms with Crippen molar-refractivity contribution in [2.45, 2.75) is 31.6 Å². The third kappa shape index (κ3) is 5.56. The van der Waals surface area contributed by atoms with Crippen molar-refractivity contribution in [1.82, 2.24) is 5.32 Å². The van der Waals surface area contributed by atoms with Crippen molar-refractivity contribution in [3.8, 4) is 0 Å². The van der Waals surface area contributed by atoms with Gasteiger partial charge in [-0.3, -0.25) is 4.79 Å². The summed E-state index contributed by atoms with van der Waals surface area (Å²) in [5, 5.41) is 3.76. The molecule has 1 saturated heterocycles. The van der Waals surface area contributed by atoms with E-state index in [4.69, 9.17) is 21.1 Å². The Morgan fingerprint density at radius 1 is 1.08 bits per heavy atom. The lowest BCUT2D eigenvalue weighted by molar-refractivity contribution is -0.162. The minimum atomic E-state index is -0.425. The van der Waals surface area contributed by atoms with Gasteiger partial charge in [-0.25, -0.2) is 0 Å². The summed E-state index contributed by atoms with van der Waals surface area (Å²) in [6, 6.07) is 17.2. The van der Waals surface area contributed by atoms with E-state index in [1.54, 1.807) is 0 Å². The Labute approximate surface area is 153 Å². The van der Waals surface area contributed by atoms with Crippen LogP contribution in [0.25, 0.3) is 0 Å². The van der Waals surface area contributed by atoms with Crippen molar-refractivity contribution in [3.05, 3.63) is 70.7 Å². The molecule has 3 rings (SSSR count). The summed E-state index contributed by atoms with van der Waals surface area (Å²) < 4.78 is 11.7. The molecule has 0 aliphatic carbocycles. The second kappa shape index (κ2) is 8.99. The molecule has 2 aromatic carbocycles. The number of amides is 1. The van der Waals surface area contributed by atoms with Crippen molar-refractivity contribution in [1.29, 1.82) is 0 Å². The normalized spacial score (nSPS) is 21.2. The molecule has 0 saturated carbocycles. The maximum absolute atomic E-state index is 12.3. The van der Waals surface area contributed by atoms with Gasteiger partial charge in [-0.1, -0.05) is 54.1 Å². The number of halogens is 1. The van der Waals surface area contributed by atoms with E-state index < -0.39 is 6.29 Å². The lowest BCUT2D eigenvalue weighted by Gasteiger charge is -2.27. The molecule has 0 bridgehead atoms. The predicted octanol–water partition coefficient (Wildman–Crippen LogP) is 3.89. The first kappa shape index (κ1) is 17.9. The average Bonchev–Trinajstić information content (AvgIpc) is 2.60. The van der Waals surface area contributed by atoms with Crippen LogP contribution in [0.2, 0.25) is 5.02 Å². The van der Waals surface area contributed by atoms with Crippen LogP contribution in [0.4, 0.5) is 0 Å². The Bertz CT molecular complexity index is 675. The molecule has 132 valence electrons. The molecule has 1 amide bonds. The van der Waals surface area contributed by atoms with Crippen molar-refractivity contribution >= 4 is 17.5 Å². The van der Waals surface area contributed by atoms with Crippen molar-refractivity contribution in [2.24, 2.45) is 0 Å². The fraction of sp³-hybridized carbons (Fsp3) is 0.350. The van der Waals surface area contributed by atoms with Crippen LogP contribution in [0.3, 0.4) is 0 Å². The van der Waals surface area contributed by atoms with E-state index in [0.717, 1.165) is 24.0 Å². The number of ether oxygens (including phenoxy) is 2. The summed E-state index contributed by atoms with van der Waals surface area (Å²) in [7, 11) is 0. The van der Waals surface area contributed by atoms with Gasteiger partial charge in [0.15, 0.2) is 6.29 Å². The third-order valence-corrected chi connectivity index (χ3v) is 4.38. The van der Waals surface area contributed by atoms with Crippen LogP contribution in [0.5, 0.6) is 0 Å². The van der Waals surface area contributed by atoms with Crippen LogP contribution < -0.4 is 5.32 Å². The first-order valence-electron chi connectivity index (χ1n) is 8.52. The molecule has 4 nitrogen and oxygen atoms in total. The van der Waals surface area contributed by atoms with Crippen LogP contribution in [-0.2, 0) is 20.7 Å². The molecule has 1 N–H and O–H groups in total. The van der Waals surface area contributed by atoms with Crippen LogP contribution >= 0.6 is 11.6 Å². The van der Waals surface area contributed by atoms with Gasteiger partial charge < -0.3 is 14.8 Å². The highest BCUT2D eigenvalue weighted by Crippen LogP contribution is 2.23. The monoisotopic (exact) mass is 359 g/mol. The number of nitrogens with one attached hydrogen (secondary N) is 1. The molecule has 1 aliphatic rings. The number of hydrogen-bond acceptors (Lipinski definition) is 3. The Morgan fingerprint density at radius 2 is 1.84 bits per heavy atom. The molecule has 1 fully saturated rings. The molecule has 0 aromatic heterocycles. The molecule has 0 unspecified atom stereocenters. The van der Waals surface area contributed by atoms with Crippen LogP contribution in [0.1, 0.15) is 30.3 Å². The zero-order valence-electron chi connectivity index (χ0n) is 14.0. The fourth-order valence-corrected chi connectivity index (χ4v) is 2.97. The quantitative estimate of drug-likeness (QED) is 0.900. The predicted molar refractivity (Wildman–Crippen MR) is 97.4 cm³/mol. The number of carbonyl (C=O) groups excluding carboxylic acids is 1. The van der Waals surface area contributed by atoms with Gasteiger partial charge in [-0.05, 0) is 30.5 Å². The average molecular weight is 360 g/mol. The second-order valence-electron chi connectivity index (χ2n) is 6.16. The molecular weight excluding hydrogens is 338 g/mol.